The Hall–Kier alpha value is -6.56. The molecule has 0 amide bonds. The molecule has 0 spiro atoms. The van der Waals surface area contributed by atoms with Crippen LogP contribution in [0.1, 0.15) is 232 Å². The molecule has 35 nitrogen and oxygen atoms in total. The van der Waals surface area contributed by atoms with Crippen LogP contribution in [0.4, 0.5) is 36.4 Å². The molecule has 16 rings (SSSR count). The average Bonchev–Trinajstić information content (AvgIpc) is 1.63. The second kappa shape index (κ2) is 51.6. The number of nitrogen functional groups attached to an aromatic ring is 4. The molecule has 13 N–H and O–H groups in total. The van der Waals surface area contributed by atoms with Crippen molar-refractivity contribution in [1.82, 2.24) is 79.0 Å². The average molecular weight is 2330 g/mol. The zero-order valence-electron chi connectivity index (χ0n) is 85.6. The summed E-state index contributed by atoms with van der Waals surface area (Å²) >= 11 is 10.4. The summed E-state index contributed by atoms with van der Waals surface area (Å²) in [5.41, 5.74) is 33.3. The first-order valence-corrected chi connectivity index (χ1v) is 60.6. The summed E-state index contributed by atoms with van der Waals surface area (Å²) in [5.74, 6) is 0.288. The number of hydrogen-bond donors (Lipinski definition) is 9. The Bertz CT molecular complexity index is 5910. The molecule has 3 aromatic carbocycles. The molecular weight excluding hydrogens is 2180 g/mol. The molecule has 5 fully saturated rings. The topological polar surface area (TPSA) is 482 Å². The van der Waals surface area contributed by atoms with E-state index in [1.165, 1.54) is 72.8 Å². The number of halogens is 5. The number of aliphatic hydroxyl groups excluding tert-OH is 3. The van der Waals surface area contributed by atoms with Crippen molar-refractivity contribution in [2.24, 2.45) is 5.14 Å². The number of aliphatic hydroxyl groups is 3. The highest BCUT2D eigenvalue weighted by molar-refractivity contribution is 14.1. The number of aromatic nitrogens is 16. The van der Waals surface area contributed by atoms with Crippen LogP contribution in [-0.4, -0.2) is 210 Å². The van der Waals surface area contributed by atoms with Crippen LogP contribution in [0.15, 0.2) is 105 Å². The molecule has 0 radical (unpaired) electrons. The Morgan fingerprint density at radius 1 is 0.458 bits per heavy atom. The minimum atomic E-state index is -4.18. The van der Waals surface area contributed by atoms with Gasteiger partial charge in [-0.2, -0.15) is 28.8 Å². The predicted molar refractivity (Wildman–Crippen MR) is 576 cm³/mol. The lowest BCUT2D eigenvalue weighted by Gasteiger charge is -2.44. The summed E-state index contributed by atoms with van der Waals surface area (Å²) in [6.07, 6.45) is 5.93. The van der Waals surface area contributed by atoms with Gasteiger partial charge in [-0.25, -0.2) is 76.9 Å². The van der Waals surface area contributed by atoms with Crippen LogP contribution >= 0.6 is 81.3 Å². The third-order valence-corrected chi connectivity index (χ3v) is 49.4. The van der Waals surface area contributed by atoms with Gasteiger partial charge in [0.25, 0.3) is 0 Å². The van der Waals surface area contributed by atoms with E-state index in [2.05, 4.69) is 249 Å². The Kier molecular flexibility index (Phi) is 42.6. The van der Waals surface area contributed by atoms with E-state index in [-0.39, 0.29) is 85.9 Å². The van der Waals surface area contributed by atoms with E-state index >= 15 is 0 Å². The lowest BCUT2D eigenvalue weighted by atomic mass is 10.1. The molecule has 8 aromatic heterocycles. The lowest BCUT2D eigenvalue weighted by molar-refractivity contribution is -0.0458. The fraction of sp³-hybridized carbons (Fsp3) is 0.600. The normalized spacial score (nSPS) is 21.1. The van der Waals surface area contributed by atoms with Crippen LogP contribution in [0.5, 0.6) is 0 Å². The second-order valence-electron chi connectivity index (χ2n) is 38.6. The van der Waals surface area contributed by atoms with Gasteiger partial charge in [-0.15, -0.1) is 12.6 Å². The maximum Gasteiger partial charge on any atom is 0.333 e. The number of nitrogens with zero attached hydrogens (tertiary/aromatic N) is 16. The molecule has 0 bridgehead atoms. The zero-order valence-corrected chi connectivity index (χ0v) is 96.2. The highest BCUT2D eigenvalue weighted by atomic mass is 127. The number of aryl methyl sites for hydroxylation is 3. The molecule has 11 aromatic rings. The highest BCUT2D eigenvalue weighted by Gasteiger charge is 2.54. The molecule has 5 aliphatic heterocycles. The van der Waals surface area contributed by atoms with Crippen molar-refractivity contribution in [3.63, 3.8) is 0 Å². The lowest BCUT2D eigenvalue weighted by Crippen LogP contribution is -2.51. The molecule has 47 heteroatoms. The van der Waals surface area contributed by atoms with Crippen LogP contribution < -0.4 is 28.1 Å². The van der Waals surface area contributed by atoms with Crippen LogP contribution in [-0.2, 0) is 51.4 Å². The van der Waals surface area contributed by atoms with E-state index in [4.69, 9.17) is 70.1 Å². The maximum absolute atomic E-state index is 14.7. The SMILES string of the molecule is C1CCOC1.CC.CC(C)[Si](O[C@H]1C[C@H](n2nc(I)c3c(N)ncnc32)O[C@H]1CO)(C(C)C)C(C)C.CC[C@@H]1O[C@@H](n2nc(I)c3c(N)ncnc32)C[C@@H]1O[Si](C(C)C)(C(C)C)C(C)C.Cc1ccc(S)c(F)c1.Cc1ccc(Sc2nn([C@H]3C[C@H](O)[C@H](COS(N)(=O)=O)O3)c3ncnc(N)c23)c(F)c1.Cc1ccc(Sc2nn([C@H]3C[C@H](O[Si](C(C)C)(C(C)C)C(C)C)[C@H](CO)O3)c3ncnc(N)c23)c(F)c1. The molecule has 0 unspecified atom stereocenters. The first kappa shape index (κ1) is 117. The summed E-state index contributed by atoms with van der Waals surface area (Å²) in [6.45, 7) is 53.9. The van der Waals surface area contributed by atoms with Crippen LogP contribution in [0, 0.1) is 45.6 Å². The van der Waals surface area contributed by atoms with E-state index in [0.717, 1.165) is 78.3 Å². The van der Waals surface area contributed by atoms with Crippen molar-refractivity contribution in [2.75, 3.05) is 56.0 Å². The second-order valence-corrected chi connectivity index (χ2v) is 60.7. The third-order valence-electron chi connectivity index (χ3n) is 26.6. The molecule has 0 saturated carbocycles. The van der Waals surface area contributed by atoms with Crippen LogP contribution in [0.25, 0.3) is 44.1 Å². The fourth-order valence-electron chi connectivity index (χ4n) is 20.3. The van der Waals surface area contributed by atoms with Gasteiger partial charge in [0.05, 0.1) is 71.9 Å². The highest BCUT2D eigenvalue weighted by Crippen LogP contribution is 2.52. The van der Waals surface area contributed by atoms with E-state index in [1.807, 2.05) is 44.5 Å². The van der Waals surface area contributed by atoms with Gasteiger partial charge in [-0.1, -0.05) is 187 Å². The van der Waals surface area contributed by atoms with Gasteiger partial charge in [0, 0.05) is 53.6 Å². The van der Waals surface area contributed by atoms with Crippen molar-refractivity contribution in [1.29, 1.82) is 0 Å². The first-order valence-electron chi connectivity index (χ1n) is 48.5. The number of rotatable bonds is 29. The van der Waals surface area contributed by atoms with Crippen molar-refractivity contribution >= 4 is 184 Å². The Balaban J connectivity index is 0.000000185. The molecular formula is C95H144F3I2N21O14S4Si3. The largest absolute Gasteiger partial charge is 0.410 e. The van der Waals surface area contributed by atoms with Gasteiger partial charge in [0.2, 0.25) is 25.0 Å². The Morgan fingerprint density at radius 2 is 0.754 bits per heavy atom. The number of thiol groups is 1. The van der Waals surface area contributed by atoms with E-state index in [0.29, 0.717) is 127 Å². The molecule has 5 saturated heterocycles. The Morgan fingerprint density at radius 3 is 1.05 bits per heavy atom. The minimum Gasteiger partial charge on any atom is -0.410 e. The molecule has 784 valence electrons. The number of fused-ring (bicyclic) bond motifs is 4. The molecule has 142 heavy (non-hydrogen) atoms. The predicted octanol–water partition coefficient (Wildman–Crippen LogP) is 20.1. The minimum absolute atomic E-state index is 0.0548. The first-order chi connectivity index (χ1) is 67.1. The van der Waals surface area contributed by atoms with Crippen molar-refractivity contribution < 1.29 is 78.1 Å². The number of ether oxygens (including phenoxy) is 5. The molecule has 0 aliphatic carbocycles. The van der Waals surface area contributed by atoms with Gasteiger partial charge >= 0.3 is 10.3 Å². The van der Waals surface area contributed by atoms with Crippen LogP contribution in [0.3, 0.4) is 0 Å². The van der Waals surface area contributed by atoms with E-state index in [1.54, 1.807) is 40.6 Å². The monoisotopic (exact) mass is 2330 g/mol. The van der Waals surface area contributed by atoms with Crippen molar-refractivity contribution in [3.8, 4) is 0 Å². The van der Waals surface area contributed by atoms with Gasteiger partial charge in [-0.3, -0.25) is 4.18 Å². The summed E-state index contributed by atoms with van der Waals surface area (Å²) in [7, 11) is -10.5. The quantitative estimate of drug-likeness (QED) is 0.0119. The smallest absolute Gasteiger partial charge is 0.333 e. The van der Waals surface area contributed by atoms with Crippen molar-refractivity contribution in [3.05, 3.63) is 121 Å². The summed E-state index contributed by atoms with van der Waals surface area (Å²) in [5, 5.41) is 57.2. The Labute approximate surface area is 876 Å². The summed E-state index contributed by atoms with van der Waals surface area (Å²) in [4.78, 5) is 35.0. The summed E-state index contributed by atoms with van der Waals surface area (Å²) in [6, 6.07) is 14.8. The van der Waals surface area contributed by atoms with Crippen LogP contribution in [0.2, 0.25) is 49.9 Å². The fourth-order valence-corrected chi connectivity index (χ4v) is 40.9. The maximum atomic E-state index is 14.7. The van der Waals surface area contributed by atoms with E-state index < -0.39 is 78.4 Å². The van der Waals surface area contributed by atoms with Gasteiger partial charge < -0.3 is 75.2 Å². The number of benzene rings is 3. The van der Waals surface area contributed by atoms with Crippen molar-refractivity contribution in [2.45, 2.75) is 359 Å². The third kappa shape index (κ3) is 27.0. The van der Waals surface area contributed by atoms with E-state index in [9.17, 15) is 36.9 Å². The molecule has 12 atom stereocenters. The van der Waals surface area contributed by atoms with Gasteiger partial charge in [-0.05, 0) is 188 Å². The zero-order chi connectivity index (χ0) is 105. The molecule has 13 heterocycles. The van der Waals surface area contributed by atoms with Gasteiger partial charge in [0.15, 0.2) is 47.5 Å². The van der Waals surface area contributed by atoms with Gasteiger partial charge in [0.1, 0.15) is 102 Å². The standard InChI is InChI=1S/C26H38FN5O3SSi.C20H34IN5O2Si.C19H32IN5O3Si.C17H19FN6O5S2.C7H7FS.C4H8O.C2H6/c1-14(2)37(15(3)4,16(5)6)35-19-11-22(34-20(19)12-33)32-25-23(24(28)29-13-30-25)26(31-32)36-21-9-8-17(7)10-18(21)27;1-8-14-15(28-29(11(2)3,12(4)5)13(6)7)9-16(27-14)26-20-17(18(21)25-26)19(22)23-10-24-20;1-10(2)29(11(3)4,12(5)6)28-13-7-15(27-14(13)8-26)25-19-16(17(20)24-25)18(21)22-9-23-19;1-8-2-3-12(9(18)4-8)30-17-14-15(19)21-7-22-16(14)24(23-17)13-5-10(25)11(29-13)6-28-31(20,26)27;1-5-2-3-7(9)6(8)4-5;1-2-4-5-3-1;1-2/h8-10,13-16,19-20,22,33H,11-12H2,1-7H3,(H2,28,29,30);10-16H,8-9H2,1-7H3,(H2,22,23,24);9-15,26H,7-8H2,1-6H3,(H2,21,22,23);2-4,7,10-11,13,25H,5-6H2,1H3,(H2,19,21,22)(H2,20,26,27);2-4,9H,1H3;1-4H2;1-2H3/t19-,20-,22+;14-,15-,16+;13-,14-,15+;10-,11-,13+;;;/m0000.../s1. The number of anilines is 4. The number of hydrogen-bond acceptors (Lipinski definition) is 33. The summed E-state index contributed by atoms with van der Waals surface area (Å²) < 4.78 is 127. The number of nitrogens with two attached hydrogens (primary N) is 5. The molecule has 5 aliphatic rings.